The number of carbonyl (C=O) groups is 2. The predicted molar refractivity (Wildman–Crippen MR) is 164 cm³/mol. The van der Waals surface area contributed by atoms with Crippen LogP contribution in [0.3, 0.4) is 0 Å². The Bertz CT molecular complexity index is 1200. The highest BCUT2D eigenvalue weighted by Crippen LogP contribution is 2.47. The molecular weight excluding hydrogens is 546 g/mol. The number of hydrogen-bond donors (Lipinski definition) is 2. The maximum absolute atomic E-state index is 14.1. The number of nitrogens with one attached hydrogen (secondary N) is 1. The Morgan fingerprint density at radius 1 is 1.16 bits per heavy atom. The summed E-state index contributed by atoms with van der Waals surface area (Å²) in [5, 5.41) is 15.3. The summed E-state index contributed by atoms with van der Waals surface area (Å²) >= 11 is 0. The van der Waals surface area contributed by atoms with Crippen molar-refractivity contribution in [1.82, 2.24) is 5.32 Å². The van der Waals surface area contributed by atoms with Crippen LogP contribution in [-0.2, 0) is 28.5 Å². The van der Waals surface area contributed by atoms with Crippen molar-refractivity contribution in [2.45, 2.75) is 129 Å². The SMILES string of the molecule is CC(=O)N[C@@H]1C(C)=C[C@H]2C(=O)O[C@H]3C[C@@H](C/C=C(\C)C[C@@H](C)/C=C/C=C4\CO[C@H]1[C@@]42O)O[C@@]1(CC[C@H](C)[C@@H](C(C)C)O1)C3. The molecule has 8 heteroatoms. The molecule has 3 fully saturated rings. The van der Waals surface area contributed by atoms with Gasteiger partial charge in [0.25, 0.3) is 0 Å². The van der Waals surface area contributed by atoms with Crippen molar-refractivity contribution in [3.8, 4) is 0 Å². The van der Waals surface area contributed by atoms with Crippen molar-refractivity contribution < 1.29 is 33.6 Å². The van der Waals surface area contributed by atoms with Crippen molar-refractivity contribution in [1.29, 1.82) is 0 Å². The molecule has 238 valence electrons. The molecular formula is C35H51NO7. The van der Waals surface area contributed by atoms with E-state index in [2.05, 4.69) is 52.1 Å². The maximum atomic E-state index is 14.1. The molecule has 3 saturated heterocycles. The third kappa shape index (κ3) is 6.58. The van der Waals surface area contributed by atoms with Crippen LogP contribution in [0.5, 0.6) is 0 Å². The van der Waals surface area contributed by atoms with Crippen LogP contribution in [0, 0.1) is 23.7 Å². The molecule has 1 amide bonds. The van der Waals surface area contributed by atoms with Gasteiger partial charge in [0, 0.05) is 26.2 Å². The van der Waals surface area contributed by atoms with E-state index in [4.69, 9.17) is 18.9 Å². The summed E-state index contributed by atoms with van der Waals surface area (Å²) in [6, 6.07) is -0.555. The zero-order valence-electron chi connectivity index (χ0n) is 26.9. The second-order valence-corrected chi connectivity index (χ2v) is 14.2. The van der Waals surface area contributed by atoms with Crippen LogP contribution >= 0.6 is 0 Å². The zero-order chi connectivity index (χ0) is 31.1. The van der Waals surface area contributed by atoms with Gasteiger partial charge in [0.15, 0.2) is 5.79 Å². The molecule has 1 spiro atoms. The molecule has 0 saturated carbocycles. The van der Waals surface area contributed by atoms with Crippen molar-refractivity contribution in [3.63, 3.8) is 0 Å². The standard InChI is InChI=1S/C35H51NO7/c1-20(2)31-23(5)13-14-34(43-31)18-28-17-27(42-34)12-11-22(4)15-21(3)9-8-10-26-19-40-32-30(36-25(7)37)24(6)16-29(33(38)41-28)35(26,32)39/h8-11,16,20-21,23,27-32,39H,12-15,17-19H2,1-7H3,(H,36,37)/b9-8+,22-11+,26-10+/t21-,23-,27+,28-,29-,30+,31+,32+,34+,35+/m0/s1. The van der Waals surface area contributed by atoms with E-state index in [0.717, 1.165) is 24.8 Å². The fourth-order valence-corrected chi connectivity index (χ4v) is 7.92. The van der Waals surface area contributed by atoms with E-state index in [9.17, 15) is 14.7 Å². The van der Waals surface area contributed by atoms with Gasteiger partial charge in [-0.25, -0.2) is 0 Å². The van der Waals surface area contributed by atoms with E-state index in [1.54, 1.807) is 6.08 Å². The average molecular weight is 598 g/mol. The van der Waals surface area contributed by atoms with Crippen LogP contribution in [0.4, 0.5) is 0 Å². The van der Waals surface area contributed by atoms with E-state index in [1.165, 1.54) is 12.5 Å². The van der Waals surface area contributed by atoms with E-state index in [-0.39, 0.29) is 30.6 Å². The molecule has 2 N–H and O–H groups in total. The fourth-order valence-electron chi connectivity index (χ4n) is 7.92. The predicted octanol–water partition coefficient (Wildman–Crippen LogP) is 5.31. The molecule has 2 bridgehead atoms. The monoisotopic (exact) mass is 597 g/mol. The Morgan fingerprint density at radius 3 is 2.65 bits per heavy atom. The minimum atomic E-state index is -1.66. The number of allylic oxidation sites excluding steroid dienone is 4. The number of ether oxygens (including phenoxy) is 4. The van der Waals surface area contributed by atoms with Gasteiger partial charge in [0.2, 0.25) is 5.91 Å². The van der Waals surface area contributed by atoms with Crippen LogP contribution < -0.4 is 5.32 Å². The van der Waals surface area contributed by atoms with Crippen molar-refractivity contribution in [2.75, 3.05) is 6.61 Å². The summed E-state index contributed by atoms with van der Waals surface area (Å²) in [7, 11) is 0. The second-order valence-electron chi connectivity index (χ2n) is 14.2. The highest BCUT2D eigenvalue weighted by molar-refractivity contribution is 5.79. The van der Waals surface area contributed by atoms with Gasteiger partial charge in [0.1, 0.15) is 23.7 Å². The molecule has 10 atom stereocenters. The molecule has 1 aliphatic carbocycles. The highest BCUT2D eigenvalue weighted by atomic mass is 16.7. The normalized spacial score (nSPS) is 45.2. The second kappa shape index (κ2) is 12.6. The number of esters is 1. The molecule has 0 aromatic heterocycles. The molecule has 0 aromatic carbocycles. The molecule has 0 unspecified atom stereocenters. The molecule has 4 aliphatic heterocycles. The van der Waals surface area contributed by atoms with Gasteiger partial charge in [-0.05, 0) is 56.4 Å². The topological polar surface area (TPSA) is 103 Å². The summed E-state index contributed by atoms with van der Waals surface area (Å²) in [4.78, 5) is 26.2. The lowest BCUT2D eigenvalue weighted by Crippen LogP contribution is -2.61. The van der Waals surface area contributed by atoms with Crippen LogP contribution in [0.1, 0.15) is 87.0 Å². The zero-order valence-corrected chi connectivity index (χ0v) is 26.9. The molecule has 8 nitrogen and oxygen atoms in total. The Balaban J connectivity index is 1.53. The Kier molecular flexibility index (Phi) is 9.44. The fraction of sp³-hybridized carbons (Fsp3) is 0.714. The molecule has 5 rings (SSSR count). The lowest BCUT2D eigenvalue weighted by atomic mass is 9.70. The van der Waals surface area contributed by atoms with Gasteiger partial charge in [-0.15, -0.1) is 0 Å². The number of fused-ring (bicyclic) bond motifs is 2. The molecule has 4 heterocycles. The Labute approximate surface area is 256 Å². The summed E-state index contributed by atoms with van der Waals surface area (Å²) in [6.07, 6.45) is 13.0. The quantitative estimate of drug-likeness (QED) is 0.328. The summed E-state index contributed by atoms with van der Waals surface area (Å²) < 4.78 is 26.0. The average Bonchev–Trinajstić information content (AvgIpc) is 3.26. The van der Waals surface area contributed by atoms with Crippen LogP contribution in [0.15, 0.2) is 47.1 Å². The van der Waals surface area contributed by atoms with E-state index in [0.29, 0.717) is 36.7 Å². The number of carbonyl (C=O) groups excluding carboxylic acids is 2. The van der Waals surface area contributed by atoms with Crippen LogP contribution in [0.25, 0.3) is 0 Å². The van der Waals surface area contributed by atoms with Crippen molar-refractivity contribution >= 4 is 11.9 Å². The summed E-state index contributed by atoms with van der Waals surface area (Å²) in [5.74, 6) is -1.48. The first kappa shape index (κ1) is 32.1. The van der Waals surface area contributed by atoms with E-state index in [1.807, 2.05) is 19.1 Å². The third-order valence-corrected chi connectivity index (χ3v) is 10.1. The Hall–Kier alpha value is -2.26. The van der Waals surface area contributed by atoms with Gasteiger partial charge in [-0.2, -0.15) is 0 Å². The number of hydrogen-bond acceptors (Lipinski definition) is 7. The first-order valence-electron chi connectivity index (χ1n) is 16.2. The van der Waals surface area contributed by atoms with Crippen molar-refractivity contribution in [3.05, 3.63) is 47.1 Å². The lowest BCUT2D eigenvalue weighted by molar-refractivity contribution is -0.340. The molecule has 0 aromatic rings. The summed E-state index contributed by atoms with van der Waals surface area (Å²) in [5.41, 5.74) is 0.984. The number of amides is 1. The first-order chi connectivity index (χ1) is 20.3. The number of aliphatic hydroxyl groups is 1. The molecule has 0 radical (unpaired) electrons. The van der Waals surface area contributed by atoms with Crippen LogP contribution in [0.2, 0.25) is 0 Å². The smallest absolute Gasteiger partial charge is 0.316 e. The minimum Gasteiger partial charge on any atom is -0.462 e. The van der Waals surface area contributed by atoms with Crippen molar-refractivity contribution in [2.24, 2.45) is 23.7 Å². The van der Waals surface area contributed by atoms with Gasteiger partial charge in [0.05, 0.1) is 24.9 Å². The van der Waals surface area contributed by atoms with Gasteiger partial charge in [-0.3, -0.25) is 9.59 Å². The molecule has 5 aliphatic rings. The van der Waals surface area contributed by atoms with E-state index < -0.39 is 41.5 Å². The summed E-state index contributed by atoms with van der Waals surface area (Å²) in [6.45, 7) is 14.4. The molecule has 43 heavy (non-hydrogen) atoms. The van der Waals surface area contributed by atoms with E-state index >= 15 is 0 Å². The number of rotatable bonds is 2. The third-order valence-electron chi connectivity index (χ3n) is 10.1. The maximum Gasteiger partial charge on any atom is 0.316 e. The van der Waals surface area contributed by atoms with Gasteiger partial charge in [-0.1, -0.05) is 69.2 Å². The minimum absolute atomic E-state index is 0.0612. The lowest BCUT2D eigenvalue weighted by Gasteiger charge is -2.50. The Morgan fingerprint density at radius 2 is 1.93 bits per heavy atom. The van der Waals surface area contributed by atoms with Gasteiger partial charge >= 0.3 is 5.97 Å². The largest absolute Gasteiger partial charge is 0.462 e. The first-order valence-corrected chi connectivity index (χ1v) is 16.2. The van der Waals surface area contributed by atoms with Gasteiger partial charge < -0.3 is 29.4 Å². The highest BCUT2D eigenvalue weighted by Gasteiger charge is 2.60. The van der Waals surface area contributed by atoms with Crippen LogP contribution in [-0.4, -0.2) is 65.4 Å².